The van der Waals surface area contributed by atoms with E-state index in [0.717, 1.165) is 5.56 Å². The van der Waals surface area contributed by atoms with Gasteiger partial charge >= 0.3 is 5.97 Å². The Morgan fingerprint density at radius 1 is 0.879 bits per heavy atom. The van der Waals surface area contributed by atoms with Crippen molar-refractivity contribution in [3.63, 3.8) is 0 Å². The van der Waals surface area contributed by atoms with Gasteiger partial charge in [-0.25, -0.2) is 17.9 Å². The van der Waals surface area contributed by atoms with Gasteiger partial charge in [0.25, 0.3) is 5.91 Å². The van der Waals surface area contributed by atoms with E-state index < -0.39 is 21.9 Å². The number of nitrogens with one attached hydrogen (secondary N) is 2. The average Bonchev–Trinajstić information content (AvgIpc) is 2.83. The molecule has 0 heterocycles. The Kier molecular flexibility index (Phi) is 8.17. The molecule has 0 saturated heterocycles. The molecule has 0 bridgehead atoms. The van der Waals surface area contributed by atoms with E-state index >= 15 is 0 Å². The molecule has 172 valence electrons. The number of rotatable bonds is 10. The second-order valence-corrected chi connectivity index (χ2v) is 8.75. The van der Waals surface area contributed by atoms with Crippen LogP contribution < -0.4 is 14.8 Å². The Bertz CT molecular complexity index is 1200. The van der Waals surface area contributed by atoms with E-state index in [4.69, 9.17) is 9.47 Å². The fourth-order valence-electron chi connectivity index (χ4n) is 2.99. The van der Waals surface area contributed by atoms with Gasteiger partial charge in [-0.15, -0.1) is 0 Å². The van der Waals surface area contributed by atoms with Crippen molar-refractivity contribution in [2.45, 2.75) is 11.3 Å². The summed E-state index contributed by atoms with van der Waals surface area (Å²) >= 11 is 0. The van der Waals surface area contributed by atoms with Crippen molar-refractivity contribution >= 4 is 27.6 Å². The molecule has 33 heavy (non-hydrogen) atoms. The molecule has 0 radical (unpaired) electrons. The van der Waals surface area contributed by atoms with Crippen LogP contribution in [0.15, 0.2) is 83.8 Å². The normalized spacial score (nSPS) is 10.9. The van der Waals surface area contributed by atoms with Crippen molar-refractivity contribution in [1.29, 1.82) is 0 Å². The fourth-order valence-corrected chi connectivity index (χ4v) is 4.02. The zero-order valence-electron chi connectivity index (χ0n) is 18.0. The van der Waals surface area contributed by atoms with Crippen molar-refractivity contribution in [3.8, 4) is 5.75 Å². The summed E-state index contributed by atoms with van der Waals surface area (Å²) in [7, 11) is -2.41. The topological polar surface area (TPSA) is 111 Å². The number of ether oxygens (including phenoxy) is 2. The van der Waals surface area contributed by atoms with Crippen LogP contribution in [0, 0.1) is 0 Å². The zero-order valence-corrected chi connectivity index (χ0v) is 18.8. The Balaban J connectivity index is 1.52. The number of hydrogen-bond donors (Lipinski definition) is 2. The minimum Gasteiger partial charge on any atom is -0.484 e. The third-order valence-electron chi connectivity index (χ3n) is 4.66. The molecule has 0 aliphatic heterocycles. The van der Waals surface area contributed by atoms with Gasteiger partial charge in [-0.3, -0.25) is 4.79 Å². The molecule has 3 aromatic carbocycles. The number of carbonyl (C=O) groups is 2. The summed E-state index contributed by atoms with van der Waals surface area (Å²) in [4.78, 5) is 24.1. The quantitative estimate of drug-likeness (QED) is 0.443. The zero-order chi connectivity index (χ0) is 23.7. The lowest BCUT2D eigenvalue weighted by Gasteiger charge is -2.11. The summed E-state index contributed by atoms with van der Waals surface area (Å²) in [6.45, 7) is -0.0469. The van der Waals surface area contributed by atoms with Gasteiger partial charge in [0.1, 0.15) is 5.75 Å². The highest BCUT2D eigenvalue weighted by molar-refractivity contribution is 7.89. The first-order valence-corrected chi connectivity index (χ1v) is 11.6. The maximum atomic E-state index is 12.5. The monoisotopic (exact) mass is 468 g/mol. The van der Waals surface area contributed by atoms with Crippen LogP contribution in [-0.2, 0) is 26.0 Å². The van der Waals surface area contributed by atoms with Crippen molar-refractivity contribution in [1.82, 2.24) is 4.72 Å². The number of carbonyl (C=O) groups excluding carboxylic acids is 2. The van der Waals surface area contributed by atoms with Gasteiger partial charge in [0.2, 0.25) is 10.0 Å². The third kappa shape index (κ3) is 6.90. The predicted octanol–water partition coefficient (Wildman–Crippen LogP) is 3.01. The molecule has 8 nitrogen and oxygen atoms in total. The second-order valence-electron chi connectivity index (χ2n) is 6.98. The number of para-hydroxylation sites is 1. The van der Waals surface area contributed by atoms with E-state index in [1.54, 1.807) is 18.2 Å². The van der Waals surface area contributed by atoms with Gasteiger partial charge in [0.05, 0.1) is 23.3 Å². The minimum atomic E-state index is -3.66. The van der Waals surface area contributed by atoms with Crippen molar-refractivity contribution in [2.75, 3.05) is 25.6 Å². The predicted molar refractivity (Wildman–Crippen MR) is 124 cm³/mol. The van der Waals surface area contributed by atoms with Crippen LogP contribution in [0.2, 0.25) is 0 Å². The molecule has 1 amide bonds. The van der Waals surface area contributed by atoms with Crippen molar-refractivity contribution in [3.05, 3.63) is 90.0 Å². The molecule has 9 heteroatoms. The summed E-state index contributed by atoms with van der Waals surface area (Å²) in [5.74, 6) is -0.721. The highest BCUT2D eigenvalue weighted by atomic mass is 32.2. The van der Waals surface area contributed by atoms with E-state index in [2.05, 4.69) is 10.0 Å². The van der Waals surface area contributed by atoms with E-state index in [9.17, 15) is 18.0 Å². The number of benzene rings is 3. The van der Waals surface area contributed by atoms with Crippen LogP contribution >= 0.6 is 0 Å². The molecule has 3 rings (SSSR count). The number of sulfonamides is 1. The molecule has 0 aliphatic rings. The van der Waals surface area contributed by atoms with E-state index in [0.29, 0.717) is 17.9 Å². The van der Waals surface area contributed by atoms with Crippen LogP contribution in [0.3, 0.4) is 0 Å². The first-order valence-electron chi connectivity index (χ1n) is 10.1. The first-order chi connectivity index (χ1) is 15.9. The van der Waals surface area contributed by atoms with E-state index in [1.165, 1.54) is 37.4 Å². The lowest BCUT2D eigenvalue weighted by Crippen LogP contribution is -2.26. The molecule has 0 aliphatic carbocycles. The van der Waals surface area contributed by atoms with Gasteiger partial charge in [-0.2, -0.15) is 0 Å². The molecule has 0 aromatic heterocycles. The molecule has 0 atom stereocenters. The van der Waals surface area contributed by atoms with Crippen LogP contribution in [0.4, 0.5) is 5.69 Å². The van der Waals surface area contributed by atoms with Crippen molar-refractivity contribution in [2.24, 2.45) is 0 Å². The molecular formula is C24H24N2O6S. The SMILES string of the molecule is COC(=O)c1ccccc1NC(=O)COc1ccc(S(=O)(=O)NCCc2ccccc2)cc1. The fraction of sp³-hybridized carbons (Fsp3) is 0.167. The maximum Gasteiger partial charge on any atom is 0.339 e. The summed E-state index contributed by atoms with van der Waals surface area (Å²) in [5.41, 5.74) is 1.57. The summed E-state index contributed by atoms with van der Waals surface area (Å²) in [6.07, 6.45) is 0.579. The minimum absolute atomic E-state index is 0.0966. The lowest BCUT2D eigenvalue weighted by atomic mass is 10.2. The maximum absolute atomic E-state index is 12.5. The second kappa shape index (κ2) is 11.3. The standard InChI is InChI=1S/C24H24N2O6S/c1-31-24(28)21-9-5-6-10-22(21)26-23(27)17-32-19-11-13-20(14-12-19)33(29,30)25-16-15-18-7-3-2-4-8-18/h2-14,25H,15-17H2,1H3,(H,26,27). The summed E-state index contributed by atoms with van der Waals surface area (Å²) in [6, 6.07) is 21.8. The average molecular weight is 469 g/mol. The smallest absolute Gasteiger partial charge is 0.339 e. The number of esters is 1. The Hall–Kier alpha value is -3.69. The first kappa shape index (κ1) is 24.0. The number of anilines is 1. The third-order valence-corrected chi connectivity index (χ3v) is 6.14. The van der Waals surface area contributed by atoms with Gasteiger partial charge in [0, 0.05) is 6.54 Å². The lowest BCUT2D eigenvalue weighted by molar-refractivity contribution is -0.118. The summed E-state index contributed by atoms with van der Waals surface area (Å²) < 4.78 is 37.6. The molecule has 0 saturated carbocycles. The molecule has 3 aromatic rings. The highest BCUT2D eigenvalue weighted by Gasteiger charge is 2.15. The molecule has 0 fully saturated rings. The Morgan fingerprint density at radius 3 is 2.24 bits per heavy atom. The molecule has 2 N–H and O–H groups in total. The highest BCUT2D eigenvalue weighted by Crippen LogP contribution is 2.18. The van der Waals surface area contributed by atoms with Crippen LogP contribution in [0.1, 0.15) is 15.9 Å². The summed E-state index contributed by atoms with van der Waals surface area (Å²) in [5, 5.41) is 2.60. The van der Waals surface area contributed by atoms with Gasteiger partial charge in [-0.05, 0) is 48.4 Å². The molecule has 0 unspecified atom stereocenters. The van der Waals surface area contributed by atoms with Gasteiger partial charge < -0.3 is 14.8 Å². The number of amides is 1. The number of methoxy groups -OCH3 is 1. The van der Waals surface area contributed by atoms with Crippen molar-refractivity contribution < 1.29 is 27.5 Å². The number of hydrogen-bond acceptors (Lipinski definition) is 6. The largest absolute Gasteiger partial charge is 0.484 e. The molecule has 0 spiro atoms. The van der Waals surface area contributed by atoms with Gasteiger partial charge in [-0.1, -0.05) is 42.5 Å². The van der Waals surface area contributed by atoms with Crippen LogP contribution in [0.25, 0.3) is 0 Å². The Morgan fingerprint density at radius 2 is 1.55 bits per heavy atom. The van der Waals surface area contributed by atoms with Crippen LogP contribution in [0.5, 0.6) is 5.75 Å². The van der Waals surface area contributed by atoms with Gasteiger partial charge in [0.15, 0.2) is 6.61 Å². The van der Waals surface area contributed by atoms with E-state index in [1.807, 2.05) is 30.3 Å². The molecular weight excluding hydrogens is 444 g/mol. The van der Waals surface area contributed by atoms with Crippen LogP contribution in [-0.4, -0.2) is 40.6 Å². The Labute approximate surface area is 192 Å². The van der Waals surface area contributed by atoms with E-state index in [-0.39, 0.29) is 23.6 Å².